The van der Waals surface area contributed by atoms with Gasteiger partial charge in [0.05, 0.1) is 18.2 Å². The average Bonchev–Trinajstić information content (AvgIpc) is 2.27. The molecule has 0 heterocycles. The van der Waals surface area contributed by atoms with Gasteiger partial charge in [-0.25, -0.2) is 0 Å². The molecule has 0 atom stereocenters. The van der Waals surface area contributed by atoms with Gasteiger partial charge in [0.15, 0.2) is 0 Å². The number of nitrogens with one attached hydrogen (secondary N) is 1. The van der Waals surface area contributed by atoms with Gasteiger partial charge in [0.25, 0.3) is 0 Å². The molecule has 0 aromatic heterocycles. The molecule has 0 saturated carbocycles. The van der Waals surface area contributed by atoms with Crippen LogP contribution in [-0.4, -0.2) is 23.3 Å². The molecule has 6 heteroatoms. The van der Waals surface area contributed by atoms with Gasteiger partial charge in [0.1, 0.15) is 12.3 Å². The van der Waals surface area contributed by atoms with Crippen molar-refractivity contribution in [3.8, 4) is 5.75 Å². The zero-order valence-electron chi connectivity index (χ0n) is 10.0. The summed E-state index contributed by atoms with van der Waals surface area (Å²) in [5.74, 6) is 0.418. The van der Waals surface area contributed by atoms with Gasteiger partial charge in [-0.2, -0.15) is 0 Å². The smallest absolute Gasteiger partial charge is 0.124 e. The highest BCUT2D eigenvalue weighted by Gasteiger charge is 2.06. The van der Waals surface area contributed by atoms with E-state index in [1.165, 1.54) is 4.90 Å². The molecule has 17 heavy (non-hydrogen) atoms. The summed E-state index contributed by atoms with van der Waals surface area (Å²) in [4.78, 5) is 9.74. The summed E-state index contributed by atoms with van der Waals surface area (Å²) in [6.07, 6.45) is 0. The van der Waals surface area contributed by atoms with Crippen molar-refractivity contribution in [2.45, 2.75) is 20.4 Å². The van der Waals surface area contributed by atoms with Crippen molar-refractivity contribution < 1.29 is 15.1 Å². The topological polar surface area (TPSA) is 90.9 Å². The lowest BCUT2D eigenvalue weighted by atomic mass is 10.2. The molecule has 0 bridgehead atoms. The predicted molar refractivity (Wildman–Crippen MR) is 64.2 cm³/mol. The molecule has 1 aromatic carbocycles. The molecule has 0 spiro atoms. The largest absolute Gasteiger partial charge is 0.507 e. The van der Waals surface area contributed by atoms with Gasteiger partial charge in [-0.15, -0.1) is 0 Å². The quantitative estimate of drug-likeness (QED) is 0.596. The molecule has 2 N–H and O–H groups in total. The number of hydrogen-bond acceptors (Lipinski definition) is 4. The van der Waals surface area contributed by atoms with Gasteiger partial charge in [0.2, 0.25) is 0 Å². The Morgan fingerprint density at radius 3 is 2.12 bits per heavy atom. The van der Waals surface area contributed by atoms with E-state index < -0.39 is 5.09 Å². The molecule has 1 rings (SSSR count). The third kappa shape index (κ3) is 7.13. The Morgan fingerprint density at radius 2 is 1.71 bits per heavy atom. The first kappa shape index (κ1) is 15.2. The number of aromatic hydroxyl groups is 1. The fourth-order valence-corrected chi connectivity index (χ4v) is 1.43. The highest BCUT2D eigenvalue weighted by atomic mass is 16.9. The van der Waals surface area contributed by atoms with Crippen LogP contribution >= 0.6 is 0 Å². The first-order valence-electron chi connectivity index (χ1n) is 5.43. The summed E-state index contributed by atoms with van der Waals surface area (Å²) in [7, 11) is 0. The minimum Gasteiger partial charge on any atom is -0.507 e. The first-order chi connectivity index (χ1) is 8.01. The molecule has 0 fully saturated rings. The van der Waals surface area contributed by atoms with E-state index in [0.717, 1.165) is 25.2 Å². The number of phenolic OH excluding ortho intramolecular Hbond substituents is 1. The normalized spacial score (nSPS) is 9.59. The maximum atomic E-state index is 9.54. The summed E-state index contributed by atoms with van der Waals surface area (Å²) in [6.45, 7) is 7.45. The molecule has 6 nitrogen and oxygen atoms in total. The zero-order chi connectivity index (χ0) is 13.3. The fraction of sp³-hybridized carbons (Fsp3) is 0.455. The van der Waals surface area contributed by atoms with Crippen LogP contribution in [0.25, 0.3) is 0 Å². The standard InChI is InChI=1S/C11H17NO.NO3/c1-3-12(4-2)9-10-7-5-6-8-11(10)13;2-1(3)4/h5-8,13H,3-4,9H2,1-2H3;/q;-1/p+1. The monoisotopic (exact) mass is 242 g/mol. The summed E-state index contributed by atoms with van der Waals surface area (Å²) < 4.78 is 0. The molecule has 1 aromatic rings. The Morgan fingerprint density at radius 1 is 1.24 bits per heavy atom. The lowest BCUT2D eigenvalue weighted by molar-refractivity contribution is -0.910. The highest BCUT2D eigenvalue weighted by molar-refractivity contribution is 5.30. The molecule has 0 unspecified atom stereocenters. The summed E-state index contributed by atoms with van der Waals surface area (Å²) >= 11 is 0. The van der Waals surface area contributed by atoms with Crippen molar-refractivity contribution in [2.24, 2.45) is 0 Å². The van der Waals surface area contributed by atoms with E-state index in [9.17, 15) is 5.11 Å². The second kappa shape index (κ2) is 8.35. The van der Waals surface area contributed by atoms with E-state index in [1.54, 1.807) is 6.07 Å². The van der Waals surface area contributed by atoms with E-state index >= 15 is 0 Å². The molecule has 0 saturated heterocycles. The van der Waals surface area contributed by atoms with Crippen molar-refractivity contribution in [1.29, 1.82) is 0 Å². The van der Waals surface area contributed by atoms with Gasteiger partial charge in [-0.1, -0.05) is 12.1 Å². The maximum absolute atomic E-state index is 9.54. The summed E-state index contributed by atoms with van der Waals surface area (Å²) in [5.41, 5.74) is 1.04. The van der Waals surface area contributed by atoms with Gasteiger partial charge in [0, 0.05) is 5.56 Å². The van der Waals surface area contributed by atoms with E-state index in [4.69, 9.17) is 15.3 Å². The van der Waals surface area contributed by atoms with Crippen LogP contribution in [0, 0.1) is 15.3 Å². The SMILES string of the molecule is CC[NH+](CC)Cc1ccccc1O.O=[N+]([O-])[O-]. The molecule has 96 valence electrons. The van der Waals surface area contributed by atoms with Crippen LogP contribution in [0.15, 0.2) is 24.3 Å². The second-order valence-electron chi connectivity index (χ2n) is 3.49. The van der Waals surface area contributed by atoms with Crippen LogP contribution in [0.5, 0.6) is 5.75 Å². The van der Waals surface area contributed by atoms with Crippen LogP contribution in [-0.2, 0) is 6.54 Å². The second-order valence-corrected chi connectivity index (χ2v) is 3.49. The zero-order valence-corrected chi connectivity index (χ0v) is 10.0. The van der Waals surface area contributed by atoms with E-state index in [0.29, 0.717) is 5.75 Å². The number of para-hydroxylation sites is 1. The number of phenols is 1. The summed E-state index contributed by atoms with van der Waals surface area (Å²) in [5, 5.41) is 24.3. The van der Waals surface area contributed by atoms with Crippen molar-refractivity contribution in [2.75, 3.05) is 13.1 Å². The first-order valence-corrected chi connectivity index (χ1v) is 5.43. The van der Waals surface area contributed by atoms with Crippen LogP contribution in [0.2, 0.25) is 0 Å². The van der Waals surface area contributed by atoms with Gasteiger partial charge in [-0.05, 0) is 26.0 Å². The Kier molecular flexibility index (Phi) is 7.45. The fourth-order valence-electron chi connectivity index (χ4n) is 1.43. The van der Waals surface area contributed by atoms with Crippen molar-refractivity contribution in [3.05, 3.63) is 45.2 Å². The van der Waals surface area contributed by atoms with Gasteiger partial charge >= 0.3 is 0 Å². The van der Waals surface area contributed by atoms with E-state index in [2.05, 4.69) is 13.8 Å². The van der Waals surface area contributed by atoms with Crippen LogP contribution in [0.1, 0.15) is 19.4 Å². The van der Waals surface area contributed by atoms with E-state index in [-0.39, 0.29) is 0 Å². The van der Waals surface area contributed by atoms with Crippen LogP contribution in [0.3, 0.4) is 0 Å². The lowest BCUT2D eigenvalue weighted by Crippen LogP contribution is -3.10. The lowest BCUT2D eigenvalue weighted by Gasteiger charge is -2.15. The Labute approximate surface area is 100 Å². The number of hydrogen-bond donors (Lipinski definition) is 2. The maximum Gasteiger partial charge on any atom is 0.124 e. The van der Waals surface area contributed by atoms with Gasteiger partial charge in [-0.3, -0.25) is 0 Å². The number of nitrogens with zero attached hydrogens (tertiary/aromatic N) is 1. The summed E-state index contributed by atoms with van der Waals surface area (Å²) in [6, 6.07) is 7.56. The highest BCUT2D eigenvalue weighted by Crippen LogP contribution is 2.13. The van der Waals surface area contributed by atoms with Crippen molar-refractivity contribution >= 4 is 0 Å². The van der Waals surface area contributed by atoms with Crippen LogP contribution < -0.4 is 4.90 Å². The molecule has 0 amide bonds. The Balaban J connectivity index is 0.000000557. The minimum atomic E-state index is -1.75. The number of rotatable bonds is 4. The Hall–Kier alpha value is -1.82. The van der Waals surface area contributed by atoms with Crippen LogP contribution in [0.4, 0.5) is 0 Å². The van der Waals surface area contributed by atoms with Gasteiger partial charge < -0.3 is 25.3 Å². The number of quaternary nitrogens is 1. The van der Waals surface area contributed by atoms with Crippen molar-refractivity contribution in [1.82, 2.24) is 0 Å². The predicted octanol–water partition coefficient (Wildman–Crippen LogP) is 0.578. The molecular formula is C11H18N2O4. The minimum absolute atomic E-state index is 0.418. The average molecular weight is 242 g/mol. The molecule has 0 aliphatic rings. The molecule has 0 radical (unpaired) electrons. The molecular weight excluding hydrogens is 224 g/mol. The number of benzene rings is 1. The van der Waals surface area contributed by atoms with E-state index in [1.807, 2.05) is 18.2 Å². The van der Waals surface area contributed by atoms with Crippen molar-refractivity contribution in [3.63, 3.8) is 0 Å². The third-order valence-electron chi connectivity index (χ3n) is 2.43. The molecule has 0 aliphatic carbocycles. The molecule has 0 aliphatic heterocycles. The Bertz CT molecular complexity index is 336. The third-order valence-corrected chi connectivity index (χ3v) is 2.43.